The molecule has 2 aromatic heterocycles. The molecule has 1 atom stereocenters. The Labute approximate surface area is 249 Å². The van der Waals surface area contributed by atoms with Gasteiger partial charge in [0.25, 0.3) is 5.91 Å². The molecule has 4 heterocycles. The topological polar surface area (TPSA) is 91.7 Å². The van der Waals surface area contributed by atoms with Crippen LogP contribution in [0, 0.1) is 12.4 Å². The third-order valence-corrected chi connectivity index (χ3v) is 8.71. The lowest BCUT2D eigenvalue weighted by molar-refractivity contribution is -0.0181. The number of fused-ring (bicyclic) bond motifs is 1. The second kappa shape index (κ2) is 10.4. The number of aryl methyl sites for hydroxylation is 1. The van der Waals surface area contributed by atoms with Gasteiger partial charge in [0.05, 0.1) is 18.7 Å². The molecule has 2 aromatic carbocycles. The number of piperidine rings is 1. The number of anilines is 1. The van der Waals surface area contributed by atoms with E-state index in [0.29, 0.717) is 47.5 Å². The number of aliphatic hydroxyl groups is 1. The summed E-state index contributed by atoms with van der Waals surface area (Å²) >= 11 is 0. The molecule has 1 N–H and O–H groups in total. The number of likely N-dealkylation sites (tertiary alicyclic amines) is 1. The zero-order chi connectivity index (χ0) is 29.9. The van der Waals surface area contributed by atoms with Gasteiger partial charge in [0, 0.05) is 48.4 Å². The minimum Gasteiger partial charge on any atom is -0.389 e. The Bertz CT molecular complexity index is 1800. The van der Waals surface area contributed by atoms with Gasteiger partial charge in [-0.15, -0.1) is 10.2 Å². The smallest absolute Gasteiger partial charge is 0.260 e. The number of benzene rings is 2. The van der Waals surface area contributed by atoms with Gasteiger partial charge >= 0.3 is 0 Å². The highest BCUT2D eigenvalue weighted by Gasteiger charge is 2.35. The van der Waals surface area contributed by atoms with E-state index in [1.54, 1.807) is 29.4 Å². The molecule has 1 amide bonds. The van der Waals surface area contributed by atoms with Gasteiger partial charge in [0.15, 0.2) is 11.5 Å². The molecule has 0 spiro atoms. The van der Waals surface area contributed by atoms with Crippen molar-refractivity contribution in [2.24, 2.45) is 7.05 Å². The number of carbonyl (C=O) groups is 1. The number of β-amino-alcohol motifs (C(OH)–C–C–N with tert-alkyl or cyclic N) is 1. The van der Waals surface area contributed by atoms with Gasteiger partial charge in [-0.05, 0) is 86.2 Å². The molecule has 4 aromatic rings. The lowest BCUT2D eigenvalue weighted by Crippen LogP contribution is -2.45. The van der Waals surface area contributed by atoms with E-state index in [0.717, 1.165) is 60.2 Å². The predicted molar refractivity (Wildman–Crippen MR) is 160 cm³/mol. The maximum absolute atomic E-state index is 15.5. The molecule has 2 fully saturated rings. The number of amides is 1. The summed E-state index contributed by atoms with van der Waals surface area (Å²) in [5.74, 6) is 0.743. The zero-order valence-electron chi connectivity index (χ0n) is 24.2. The molecular formula is C33H32FN7O2. The molecular weight excluding hydrogens is 545 g/mol. The molecule has 1 aliphatic carbocycles. The molecule has 10 heteroatoms. The number of hydrogen-bond acceptors (Lipinski definition) is 6. The standard InChI is InChI=1S/C33H32FN7O2/c1-33(43)9-4-10-40(18-33)16-20-11-26-27(28(34)12-20)17-41(32(26)42)30-14-22(13-29(37-30)21-5-6-21)24-8-7-23(35-2)15-25(24)31-38-36-19-39(31)3/h7-8,11-15,19,21,43H,4-6,9-10,16-18H2,1,3H3/t33-/m0/s1. The van der Waals surface area contributed by atoms with Crippen LogP contribution in [0.15, 0.2) is 48.8 Å². The van der Waals surface area contributed by atoms with Gasteiger partial charge < -0.3 is 9.67 Å². The lowest BCUT2D eigenvalue weighted by atomic mass is 9.94. The van der Waals surface area contributed by atoms with Crippen molar-refractivity contribution in [1.82, 2.24) is 24.6 Å². The molecule has 43 heavy (non-hydrogen) atoms. The molecule has 0 bridgehead atoms. The van der Waals surface area contributed by atoms with Crippen molar-refractivity contribution in [2.75, 3.05) is 18.0 Å². The highest BCUT2D eigenvalue weighted by Crippen LogP contribution is 2.43. The summed E-state index contributed by atoms with van der Waals surface area (Å²) in [4.78, 5) is 26.0. The van der Waals surface area contributed by atoms with Crippen molar-refractivity contribution in [3.05, 3.63) is 88.4 Å². The summed E-state index contributed by atoms with van der Waals surface area (Å²) in [5, 5.41) is 18.8. The van der Waals surface area contributed by atoms with Gasteiger partial charge in [-0.2, -0.15) is 0 Å². The van der Waals surface area contributed by atoms with Crippen LogP contribution >= 0.6 is 0 Å². The van der Waals surface area contributed by atoms with Gasteiger partial charge in [-0.3, -0.25) is 14.6 Å². The van der Waals surface area contributed by atoms with Crippen LogP contribution in [0.1, 0.15) is 65.7 Å². The van der Waals surface area contributed by atoms with Crippen LogP contribution in [0.5, 0.6) is 0 Å². The minimum absolute atomic E-state index is 0.103. The highest BCUT2D eigenvalue weighted by molar-refractivity contribution is 6.10. The van der Waals surface area contributed by atoms with E-state index >= 15 is 4.39 Å². The molecule has 7 rings (SSSR count). The van der Waals surface area contributed by atoms with Crippen LogP contribution in [0.2, 0.25) is 0 Å². The Hall–Kier alpha value is -4.46. The highest BCUT2D eigenvalue weighted by atomic mass is 19.1. The van der Waals surface area contributed by atoms with Gasteiger partial charge in [-0.25, -0.2) is 14.2 Å². The zero-order valence-corrected chi connectivity index (χ0v) is 24.2. The van der Waals surface area contributed by atoms with E-state index < -0.39 is 11.4 Å². The van der Waals surface area contributed by atoms with Crippen molar-refractivity contribution in [1.29, 1.82) is 0 Å². The second-order valence-corrected chi connectivity index (χ2v) is 12.3. The van der Waals surface area contributed by atoms with E-state index in [2.05, 4.69) is 19.9 Å². The first-order chi connectivity index (χ1) is 20.7. The summed E-state index contributed by atoms with van der Waals surface area (Å²) < 4.78 is 17.3. The van der Waals surface area contributed by atoms with Crippen molar-refractivity contribution >= 4 is 17.4 Å². The third-order valence-electron chi connectivity index (χ3n) is 8.71. The minimum atomic E-state index is -0.765. The second-order valence-electron chi connectivity index (χ2n) is 12.3. The fourth-order valence-corrected chi connectivity index (χ4v) is 6.40. The van der Waals surface area contributed by atoms with Crippen molar-refractivity contribution in [3.8, 4) is 22.5 Å². The monoisotopic (exact) mass is 577 g/mol. The molecule has 218 valence electrons. The SMILES string of the molecule is [C-]#[N+]c1ccc(-c2cc(C3CC3)nc(N3Cc4c(F)cc(CN5CCC[C@](C)(O)C5)cc4C3=O)c2)c(-c2nncn2C)c1. The van der Waals surface area contributed by atoms with Gasteiger partial charge in [0.1, 0.15) is 18.0 Å². The van der Waals surface area contributed by atoms with Crippen LogP contribution in [-0.4, -0.2) is 54.4 Å². The number of rotatable bonds is 6. The Morgan fingerprint density at radius 3 is 2.70 bits per heavy atom. The predicted octanol–water partition coefficient (Wildman–Crippen LogP) is 5.62. The molecule has 1 saturated carbocycles. The summed E-state index contributed by atoms with van der Waals surface area (Å²) in [6, 6.07) is 12.7. The number of nitrogens with zero attached hydrogens (tertiary/aromatic N) is 7. The summed E-state index contributed by atoms with van der Waals surface area (Å²) in [5.41, 5.74) is 4.54. The van der Waals surface area contributed by atoms with Gasteiger partial charge in [-0.1, -0.05) is 12.1 Å². The van der Waals surface area contributed by atoms with E-state index in [4.69, 9.17) is 11.6 Å². The first-order valence-electron chi connectivity index (χ1n) is 14.7. The number of pyridine rings is 1. The Morgan fingerprint density at radius 2 is 1.98 bits per heavy atom. The molecule has 0 unspecified atom stereocenters. The first kappa shape index (κ1) is 27.4. The molecule has 0 radical (unpaired) electrons. The van der Waals surface area contributed by atoms with Crippen LogP contribution in [0.4, 0.5) is 15.9 Å². The third kappa shape index (κ3) is 5.19. The number of hydrogen-bond donors (Lipinski definition) is 1. The number of aromatic nitrogens is 4. The molecule has 9 nitrogen and oxygen atoms in total. The van der Waals surface area contributed by atoms with E-state index in [1.165, 1.54) is 6.07 Å². The largest absolute Gasteiger partial charge is 0.389 e. The van der Waals surface area contributed by atoms with E-state index in [-0.39, 0.29) is 12.5 Å². The molecule has 3 aliphatic rings. The Morgan fingerprint density at radius 1 is 1.14 bits per heavy atom. The van der Waals surface area contributed by atoms with Gasteiger partial charge in [0.2, 0.25) is 0 Å². The maximum atomic E-state index is 15.5. The summed E-state index contributed by atoms with van der Waals surface area (Å²) in [6.45, 7) is 11.3. The lowest BCUT2D eigenvalue weighted by Gasteiger charge is -2.36. The molecule has 1 saturated heterocycles. The quantitative estimate of drug-likeness (QED) is 0.299. The number of carbonyl (C=O) groups excluding carboxylic acids is 1. The Kier molecular flexibility index (Phi) is 6.60. The fourth-order valence-electron chi connectivity index (χ4n) is 6.40. The van der Waals surface area contributed by atoms with Crippen LogP contribution in [0.25, 0.3) is 27.4 Å². The van der Waals surface area contributed by atoms with Crippen molar-refractivity contribution < 1.29 is 14.3 Å². The summed E-state index contributed by atoms with van der Waals surface area (Å²) in [7, 11) is 1.86. The van der Waals surface area contributed by atoms with E-state index in [9.17, 15) is 9.90 Å². The van der Waals surface area contributed by atoms with Crippen molar-refractivity contribution in [3.63, 3.8) is 0 Å². The summed E-state index contributed by atoms with van der Waals surface area (Å²) in [6.07, 6.45) is 5.29. The Balaban J connectivity index is 1.25. The average molecular weight is 578 g/mol. The average Bonchev–Trinajstić information content (AvgIpc) is 3.66. The number of halogens is 1. The fraction of sp³-hybridized carbons (Fsp3) is 0.364. The van der Waals surface area contributed by atoms with Crippen LogP contribution in [0.3, 0.4) is 0 Å². The van der Waals surface area contributed by atoms with Crippen LogP contribution in [-0.2, 0) is 20.1 Å². The normalized spacial score (nSPS) is 20.3. The van der Waals surface area contributed by atoms with Crippen molar-refractivity contribution in [2.45, 2.75) is 57.2 Å². The molecule has 2 aliphatic heterocycles. The maximum Gasteiger partial charge on any atom is 0.260 e. The first-order valence-corrected chi connectivity index (χ1v) is 14.7. The van der Waals surface area contributed by atoms with Crippen LogP contribution < -0.4 is 4.90 Å². The van der Waals surface area contributed by atoms with E-state index in [1.807, 2.05) is 36.7 Å².